The largest absolute Gasteiger partial charge is 0.462 e. The Kier molecular flexibility index (Phi) is 5.31. The van der Waals surface area contributed by atoms with Gasteiger partial charge in [-0.25, -0.2) is 14.2 Å². The molecule has 2 aromatic heterocycles. The van der Waals surface area contributed by atoms with Crippen LogP contribution in [-0.4, -0.2) is 28.0 Å². The molecule has 0 fully saturated rings. The molecule has 27 heavy (non-hydrogen) atoms. The molecule has 1 N–H and O–H groups in total. The number of aryl methyl sites for hydroxylation is 1. The Morgan fingerprint density at radius 3 is 2.78 bits per heavy atom. The van der Waals surface area contributed by atoms with E-state index in [0.29, 0.717) is 15.3 Å². The quantitative estimate of drug-likeness (QED) is 0.678. The smallest absolute Gasteiger partial charge is 0.348 e. The maximum atomic E-state index is 13.6. The van der Waals surface area contributed by atoms with E-state index in [1.54, 1.807) is 19.9 Å². The predicted molar refractivity (Wildman–Crippen MR) is 99.6 cm³/mol. The Labute approximate surface area is 157 Å². The van der Waals surface area contributed by atoms with Crippen molar-refractivity contribution in [3.63, 3.8) is 0 Å². The van der Waals surface area contributed by atoms with Crippen molar-refractivity contribution in [3.8, 4) is 0 Å². The highest BCUT2D eigenvalue weighted by Gasteiger charge is 2.20. The van der Waals surface area contributed by atoms with Crippen molar-refractivity contribution in [1.82, 2.24) is 9.55 Å². The van der Waals surface area contributed by atoms with Crippen molar-refractivity contribution in [2.24, 2.45) is 0 Å². The molecular weight excluding hydrogens is 373 g/mol. The summed E-state index contributed by atoms with van der Waals surface area (Å²) in [5.74, 6) is -1.65. The highest BCUT2D eigenvalue weighted by molar-refractivity contribution is 7.20. The van der Waals surface area contributed by atoms with Gasteiger partial charge in [0.05, 0.1) is 24.0 Å². The molecule has 3 aromatic rings. The van der Waals surface area contributed by atoms with Gasteiger partial charge in [-0.3, -0.25) is 14.2 Å². The number of benzene rings is 1. The van der Waals surface area contributed by atoms with Crippen LogP contribution in [0.1, 0.15) is 22.2 Å². The molecule has 0 unspecified atom stereocenters. The van der Waals surface area contributed by atoms with Crippen LogP contribution in [0.25, 0.3) is 10.2 Å². The van der Waals surface area contributed by atoms with Gasteiger partial charge in [0, 0.05) is 0 Å². The molecule has 0 bridgehead atoms. The van der Waals surface area contributed by atoms with Gasteiger partial charge in [0.25, 0.3) is 5.56 Å². The van der Waals surface area contributed by atoms with Crippen LogP contribution in [0.2, 0.25) is 0 Å². The molecule has 140 valence electrons. The summed E-state index contributed by atoms with van der Waals surface area (Å²) in [6.45, 7) is 3.22. The second-order valence-electron chi connectivity index (χ2n) is 5.66. The summed E-state index contributed by atoms with van der Waals surface area (Å²) in [5.41, 5.74) is 0.0451. The molecule has 0 spiro atoms. The molecule has 7 nitrogen and oxygen atoms in total. The van der Waals surface area contributed by atoms with Gasteiger partial charge in [0.2, 0.25) is 5.91 Å². The maximum absolute atomic E-state index is 13.6. The number of hydrogen-bond acceptors (Lipinski definition) is 6. The Morgan fingerprint density at radius 1 is 1.33 bits per heavy atom. The lowest BCUT2D eigenvalue weighted by atomic mass is 10.2. The lowest BCUT2D eigenvalue weighted by Crippen LogP contribution is -2.28. The molecule has 0 aliphatic rings. The minimum Gasteiger partial charge on any atom is -0.462 e. The summed E-state index contributed by atoms with van der Waals surface area (Å²) in [7, 11) is 0. The Hall–Kier alpha value is -3.07. The average molecular weight is 389 g/mol. The van der Waals surface area contributed by atoms with E-state index in [0.717, 1.165) is 15.9 Å². The summed E-state index contributed by atoms with van der Waals surface area (Å²) in [6.07, 6.45) is 1.23. The number of para-hydroxylation sites is 1. The van der Waals surface area contributed by atoms with E-state index < -0.39 is 23.3 Å². The van der Waals surface area contributed by atoms with Gasteiger partial charge in [0.15, 0.2) is 0 Å². The Morgan fingerprint density at radius 2 is 2.07 bits per heavy atom. The number of carbonyl (C=O) groups excluding carboxylic acids is 2. The third kappa shape index (κ3) is 3.72. The lowest BCUT2D eigenvalue weighted by molar-refractivity contribution is -0.116. The van der Waals surface area contributed by atoms with Crippen LogP contribution in [-0.2, 0) is 16.1 Å². The summed E-state index contributed by atoms with van der Waals surface area (Å²) >= 11 is 1.07. The standard InChI is InChI=1S/C18H16FN3O4S/c1-3-26-18(25)15-10(2)14-16(27-15)20-9-22(17(14)24)8-13(23)21-12-7-5-4-6-11(12)19/h4-7,9H,3,8H2,1-2H3,(H,21,23). The van der Waals surface area contributed by atoms with Gasteiger partial charge in [-0.05, 0) is 31.5 Å². The number of nitrogens with one attached hydrogen (secondary N) is 1. The highest BCUT2D eigenvalue weighted by Crippen LogP contribution is 2.27. The van der Waals surface area contributed by atoms with E-state index in [-0.39, 0.29) is 24.2 Å². The molecule has 2 heterocycles. The van der Waals surface area contributed by atoms with Crippen LogP contribution in [0, 0.1) is 12.7 Å². The van der Waals surface area contributed by atoms with Crippen LogP contribution in [0.3, 0.4) is 0 Å². The van der Waals surface area contributed by atoms with Gasteiger partial charge < -0.3 is 10.1 Å². The van der Waals surface area contributed by atoms with Crippen molar-refractivity contribution in [1.29, 1.82) is 0 Å². The normalized spacial score (nSPS) is 10.8. The van der Waals surface area contributed by atoms with Gasteiger partial charge >= 0.3 is 5.97 Å². The number of halogens is 1. The minimum absolute atomic E-state index is 0.0286. The number of esters is 1. The molecule has 1 amide bonds. The lowest BCUT2D eigenvalue weighted by Gasteiger charge is -2.08. The summed E-state index contributed by atoms with van der Waals surface area (Å²) in [4.78, 5) is 41.8. The van der Waals surface area contributed by atoms with Gasteiger partial charge in [-0.1, -0.05) is 12.1 Å². The topological polar surface area (TPSA) is 90.3 Å². The van der Waals surface area contributed by atoms with Crippen LogP contribution in [0.4, 0.5) is 10.1 Å². The third-order valence-corrected chi connectivity index (χ3v) is 5.02. The first kappa shape index (κ1) is 18.7. The van der Waals surface area contributed by atoms with Crippen LogP contribution in [0.5, 0.6) is 0 Å². The second-order valence-corrected chi connectivity index (χ2v) is 6.66. The number of anilines is 1. The predicted octanol–water partition coefficient (Wildman–Crippen LogP) is 2.72. The zero-order valence-corrected chi connectivity index (χ0v) is 15.4. The van der Waals surface area contributed by atoms with Crippen molar-refractivity contribution >= 4 is 39.1 Å². The fourth-order valence-electron chi connectivity index (χ4n) is 2.57. The molecule has 0 aliphatic heterocycles. The molecule has 0 radical (unpaired) electrons. The number of hydrogen-bond donors (Lipinski definition) is 1. The number of thiophene rings is 1. The zero-order chi connectivity index (χ0) is 19.6. The average Bonchev–Trinajstić information content (AvgIpc) is 2.97. The zero-order valence-electron chi connectivity index (χ0n) is 14.6. The van der Waals surface area contributed by atoms with Crippen LogP contribution < -0.4 is 10.9 Å². The van der Waals surface area contributed by atoms with Gasteiger partial charge in [-0.2, -0.15) is 0 Å². The SMILES string of the molecule is CCOC(=O)c1sc2ncn(CC(=O)Nc3ccccc3F)c(=O)c2c1C. The molecule has 9 heteroatoms. The van der Waals surface area contributed by atoms with E-state index in [9.17, 15) is 18.8 Å². The maximum Gasteiger partial charge on any atom is 0.348 e. The van der Waals surface area contributed by atoms with E-state index in [4.69, 9.17) is 4.74 Å². The monoisotopic (exact) mass is 389 g/mol. The molecule has 0 atom stereocenters. The first-order valence-corrected chi connectivity index (χ1v) is 8.94. The van der Waals surface area contributed by atoms with Gasteiger partial charge in [0.1, 0.15) is 22.1 Å². The van der Waals surface area contributed by atoms with E-state index in [2.05, 4.69) is 10.3 Å². The molecule has 3 rings (SSSR count). The number of fused-ring (bicyclic) bond motifs is 1. The molecule has 0 saturated carbocycles. The Balaban J connectivity index is 1.90. The number of nitrogens with zero attached hydrogens (tertiary/aromatic N) is 2. The third-order valence-electron chi connectivity index (χ3n) is 3.84. The van der Waals surface area contributed by atoms with Crippen LogP contribution in [0.15, 0.2) is 35.4 Å². The van der Waals surface area contributed by atoms with Crippen molar-refractivity contribution < 1.29 is 18.7 Å². The van der Waals surface area contributed by atoms with Gasteiger partial charge in [-0.15, -0.1) is 11.3 Å². The van der Waals surface area contributed by atoms with E-state index in [1.807, 2.05) is 0 Å². The molecular formula is C18H16FN3O4S. The Bertz CT molecular complexity index is 1090. The van der Waals surface area contributed by atoms with E-state index >= 15 is 0 Å². The van der Waals surface area contributed by atoms with Crippen molar-refractivity contribution in [2.75, 3.05) is 11.9 Å². The van der Waals surface area contributed by atoms with E-state index in [1.165, 1.54) is 24.5 Å². The van der Waals surface area contributed by atoms with Crippen LogP contribution >= 0.6 is 11.3 Å². The summed E-state index contributed by atoms with van der Waals surface area (Å²) in [6, 6.07) is 5.74. The molecule has 0 saturated heterocycles. The first-order chi connectivity index (χ1) is 12.9. The second kappa shape index (κ2) is 7.67. The number of rotatable bonds is 5. The van der Waals surface area contributed by atoms with Crippen molar-refractivity contribution in [2.45, 2.75) is 20.4 Å². The number of amides is 1. The first-order valence-electron chi connectivity index (χ1n) is 8.12. The number of ether oxygens (including phenoxy) is 1. The summed E-state index contributed by atoms with van der Waals surface area (Å²) < 4.78 is 19.7. The summed E-state index contributed by atoms with van der Waals surface area (Å²) in [5, 5.41) is 2.68. The number of carbonyl (C=O) groups is 2. The molecule has 1 aromatic carbocycles. The fourth-order valence-corrected chi connectivity index (χ4v) is 3.60. The van der Waals surface area contributed by atoms with Crippen molar-refractivity contribution in [3.05, 3.63) is 57.2 Å². The molecule has 0 aliphatic carbocycles. The minimum atomic E-state index is -0.570. The number of aromatic nitrogens is 2. The fraction of sp³-hybridized carbons (Fsp3) is 0.222. The highest BCUT2D eigenvalue weighted by atomic mass is 32.1.